The zero-order valence-electron chi connectivity index (χ0n) is 13.4. The Morgan fingerprint density at radius 3 is 2.61 bits per heavy atom. The lowest BCUT2D eigenvalue weighted by Gasteiger charge is -2.33. The molecular formula is C17H22N4O2. The second-order valence-electron chi connectivity index (χ2n) is 5.78. The van der Waals surface area contributed by atoms with E-state index in [2.05, 4.69) is 27.2 Å². The molecule has 1 aromatic carbocycles. The van der Waals surface area contributed by atoms with E-state index < -0.39 is 0 Å². The maximum atomic E-state index is 11.7. The van der Waals surface area contributed by atoms with Gasteiger partial charge in [0, 0.05) is 39.0 Å². The lowest BCUT2D eigenvalue weighted by Crippen LogP contribution is -2.48. The smallest absolute Gasteiger partial charge is 0.240 e. The molecule has 1 fully saturated rings. The van der Waals surface area contributed by atoms with E-state index in [4.69, 9.17) is 4.52 Å². The molecule has 2 aromatic rings. The highest BCUT2D eigenvalue weighted by Gasteiger charge is 2.21. The van der Waals surface area contributed by atoms with E-state index >= 15 is 0 Å². The molecule has 0 atom stereocenters. The molecule has 0 radical (unpaired) electrons. The minimum absolute atomic E-state index is 0.229. The third kappa shape index (κ3) is 4.16. The first-order valence-corrected chi connectivity index (χ1v) is 8.10. The second-order valence-corrected chi connectivity index (χ2v) is 5.78. The molecule has 6 heteroatoms. The summed E-state index contributed by atoms with van der Waals surface area (Å²) in [6.45, 7) is 5.80. The monoisotopic (exact) mass is 314 g/mol. The van der Waals surface area contributed by atoms with Crippen molar-refractivity contribution in [3.05, 3.63) is 47.6 Å². The van der Waals surface area contributed by atoms with Crippen molar-refractivity contribution in [3.63, 3.8) is 0 Å². The van der Waals surface area contributed by atoms with Gasteiger partial charge in [0.15, 0.2) is 5.82 Å². The molecule has 1 aliphatic rings. The van der Waals surface area contributed by atoms with Crippen LogP contribution in [0.1, 0.15) is 30.6 Å². The summed E-state index contributed by atoms with van der Waals surface area (Å²) in [5.41, 5.74) is 1.17. The molecule has 0 N–H and O–H groups in total. The number of hydrogen-bond donors (Lipinski definition) is 0. The van der Waals surface area contributed by atoms with Crippen molar-refractivity contribution >= 4 is 5.91 Å². The van der Waals surface area contributed by atoms with Gasteiger partial charge in [-0.2, -0.15) is 4.98 Å². The van der Waals surface area contributed by atoms with E-state index in [1.807, 2.05) is 30.0 Å². The number of amides is 1. The van der Waals surface area contributed by atoms with Crippen molar-refractivity contribution < 1.29 is 9.32 Å². The first kappa shape index (κ1) is 15.7. The fourth-order valence-corrected chi connectivity index (χ4v) is 2.77. The molecule has 0 aliphatic carbocycles. The maximum Gasteiger partial charge on any atom is 0.240 e. The zero-order chi connectivity index (χ0) is 16.1. The number of hydrogen-bond acceptors (Lipinski definition) is 5. The summed E-state index contributed by atoms with van der Waals surface area (Å²) < 4.78 is 5.35. The van der Waals surface area contributed by atoms with E-state index in [1.54, 1.807) is 0 Å². The Morgan fingerprint density at radius 2 is 1.91 bits per heavy atom. The first-order chi connectivity index (χ1) is 11.2. The molecule has 23 heavy (non-hydrogen) atoms. The zero-order valence-corrected chi connectivity index (χ0v) is 13.4. The molecule has 122 valence electrons. The number of nitrogens with zero attached hydrogens (tertiary/aromatic N) is 4. The van der Waals surface area contributed by atoms with Gasteiger partial charge in [0.25, 0.3) is 0 Å². The van der Waals surface area contributed by atoms with Crippen LogP contribution in [0.2, 0.25) is 0 Å². The average molecular weight is 314 g/mol. The molecule has 0 saturated carbocycles. The summed E-state index contributed by atoms with van der Waals surface area (Å²) >= 11 is 0. The number of benzene rings is 1. The topological polar surface area (TPSA) is 62.5 Å². The third-order valence-corrected chi connectivity index (χ3v) is 4.10. The molecule has 0 spiro atoms. The van der Waals surface area contributed by atoms with Crippen LogP contribution in [0.15, 0.2) is 34.9 Å². The van der Waals surface area contributed by atoms with Gasteiger partial charge in [-0.1, -0.05) is 42.4 Å². The van der Waals surface area contributed by atoms with E-state index in [9.17, 15) is 4.79 Å². The van der Waals surface area contributed by atoms with E-state index in [1.165, 1.54) is 5.56 Å². The summed E-state index contributed by atoms with van der Waals surface area (Å²) in [6, 6.07) is 10.1. The van der Waals surface area contributed by atoms with Crippen LogP contribution in [-0.4, -0.2) is 52.0 Å². The Hall–Kier alpha value is -2.21. The highest BCUT2D eigenvalue weighted by Crippen LogP contribution is 2.10. The highest BCUT2D eigenvalue weighted by molar-refractivity contribution is 5.75. The Balaban J connectivity index is 1.51. The van der Waals surface area contributed by atoms with Crippen LogP contribution >= 0.6 is 0 Å². The minimum Gasteiger partial charge on any atom is -0.340 e. The van der Waals surface area contributed by atoms with Crippen LogP contribution in [0.25, 0.3) is 0 Å². The van der Waals surface area contributed by atoms with Gasteiger partial charge in [0.1, 0.15) is 0 Å². The normalized spacial score (nSPS) is 15.8. The quantitative estimate of drug-likeness (QED) is 0.841. The van der Waals surface area contributed by atoms with Crippen molar-refractivity contribution in [2.24, 2.45) is 0 Å². The second kappa shape index (κ2) is 7.37. The summed E-state index contributed by atoms with van der Waals surface area (Å²) in [5, 5.41) is 4.06. The Kier molecular flexibility index (Phi) is 5.02. The van der Waals surface area contributed by atoms with Crippen molar-refractivity contribution in [1.29, 1.82) is 0 Å². The number of aromatic nitrogens is 2. The predicted octanol–water partition coefficient (Wildman–Crippen LogP) is 1.71. The van der Waals surface area contributed by atoms with Gasteiger partial charge in [-0.15, -0.1) is 0 Å². The van der Waals surface area contributed by atoms with Crippen LogP contribution < -0.4 is 0 Å². The minimum atomic E-state index is 0.229. The van der Waals surface area contributed by atoms with E-state index in [-0.39, 0.29) is 5.91 Å². The van der Waals surface area contributed by atoms with E-state index in [0.717, 1.165) is 26.2 Å². The number of carbonyl (C=O) groups excluding carboxylic acids is 1. The van der Waals surface area contributed by atoms with Crippen molar-refractivity contribution in [2.45, 2.75) is 26.3 Å². The lowest BCUT2D eigenvalue weighted by atomic mass is 10.1. The Labute approximate surface area is 136 Å². The van der Waals surface area contributed by atoms with Gasteiger partial charge in [0.05, 0.1) is 6.54 Å². The Bertz CT molecular complexity index is 633. The highest BCUT2D eigenvalue weighted by atomic mass is 16.5. The summed E-state index contributed by atoms with van der Waals surface area (Å²) in [4.78, 5) is 20.3. The molecule has 0 bridgehead atoms. The fourth-order valence-electron chi connectivity index (χ4n) is 2.77. The summed E-state index contributed by atoms with van der Waals surface area (Å²) in [6.07, 6.45) is 1.26. The molecule has 2 heterocycles. The fraction of sp³-hybridized carbons (Fsp3) is 0.471. The van der Waals surface area contributed by atoms with Gasteiger partial charge >= 0.3 is 0 Å². The molecule has 1 saturated heterocycles. The third-order valence-electron chi connectivity index (χ3n) is 4.10. The van der Waals surface area contributed by atoms with Crippen LogP contribution in [0.5, 0.6) is 0 Å². The lowest BCUT2D eigenvalue weighted by molar-refractivity contribution is -0.132. The molecule has 0 unspecified atom stereocenters. The van der Waals surface area contributed by atoms with Gasteiger partial charge in [-0.25, -0.2) is 0 Å². The molecule has 1 amide bonds. The van der Waals surface area contributed by atoms with Crippen LogP contribution in [0.3, 0.4) is 0 Å². The van der Waals surface area contributed by atoms with Gasteiger partial charge in [0.2, 0.25) is 11.8 Å². The number of piperazine rings is 1. The molecule has 1 aliphatic heterocycles. The van der Waals surface area contributed by atoms with Crippen LogP contribution in [0, 0.1) is 0 Å². The van der Waals surface area contributed by atoms with Gasteiger partial charge in [-0.05, 0) is 5.56 Å². The summed E-state index contributed by atoms with van der Waals surface area (Å²) in [7, 11) is 0. The van der Waals surface area contributed by atoms with E-state index in [0.29, 0.717) is 31.1 Å². The predicted molar refractivity (Wildman–Crippen MR) is 85.7 cm³/mol. The van der Waals surface area contributed by atoms with Crippen LogP contribution in [-0.2, 0) is 17.8 Å². The summed E-state index contributed by atoms with van der Waals surface area (Å²) in [5.74, 6) is 1.59. The SMILES string of the molecule is CCC(=O)N1CCN(Cc2nc(Cc3ccccc3)no2)CC1. The number of rotatable bonds is 5. The maximum absolute atomic E-state index is 11.7. The average Bonchev–Trinajstić information content (AvgIpc) is 3.02. The van der Waals surface area contributed by atoms with Crippen molar-refractivity contribution in [2.75, 3.05) is 26.2 Å². The van der Waals surface area contributed by atoms with Crippen molar-refractivity contribution in [1.82, 2.24) is 19.9 Å². The van der Waals surface area contributed by atoms with Gasteiger partial charge < -0.3 is 9.42 Å². The number of carbonyl (C=O) groups is 1. The van der Waals surface area contributed by atoms with Crippen molar-refractivity contribution in [3.8, 4) is 0 Å². The first-order valence-electron chi connectivity index (χ1n) is 8.10. The van der Waals surface area contributed by atoms with Crippen LogP contribution in [0.4, 0.5) is 0 Å². The largest absolute Gasteiger partial charge is 0.340 e. The Morgan fingerprint density at radius 1 is 1.17 bits per heavy atom. The molecule has 3 rings (SSSR count). The molecule has 1 aromatic heterocycles. The van der Waals surface area contributed by atoms with Gasteiger partial charge in [-0.3, -0.25) is 9.69 Å². The molecule has 6 nitrogen and oxygen atoms in total. The molecular weight excluding hydrogens is 292 g/mol. The standard InChI is InChI=1S/C17H22N4O2/c1-2-17(22)21-10-8-20(9-11-21)13-16-18-15(19-23-16)12-14-6-4-3-5-7-14/h3-7H,2,8-13H2,1H3.